The van der Waals surface area contributed by atoms with Crippen LogP contribution in [0.2, 0.25) is 0 Å². The van der Waals surface area contributed by atoms with Crippen LogP contribution in [0.4, 0.5) is 26.2 Å². The molecule has 0 saturated carbocycles. The van der Waals surface area contributed by atoms with Crippen LogP contribution in [-0.4, -0.2) is 69.6 Å². The summed E-state index contributed by atoms with van der Waals surface area (Å²) >= 11 is 0. The van der Waals surface area contributed by atoms with Crippen LogP contribution < -0.4 is 16.4 Å². The number of nitrogens with two attached hydrogens (primary N) is 1. The van der Waals surface area contributed by atoms with E-state index in [2.05, 4.69) is 31.7 Å². The van der Waals surface area contributed by atoms with Crippen LogP contribution in [0.3, 0.4) is 0 Å². The summed E-state index contributed by atoms with van der Waals surface area (Å²) in [6, 6.07) is 3.12. The Hall–Kier alpha value is -3.08. The van der Waals surface area contributed by atoms with E-state index in [1.165, 1.54) is 18.0 Å². The molecule has 3 rings (SSSR count). The van der Waals surface area contributed by atoms with Crippen molar-refractivity contribution in [2.75, 3.05) is 42.5 Å². The lowest BCUT2D eigenvalue weighted by molar-refractivity contribution is -0.138. The van der Waals surface area contributed by atoms with Crippen LogP contribution in [0, 0.1) is 0 Å². The quantitative estimate of drug-likeness (QED) is 0.331. The third-order valence-corrected chi connectivity index (χ3v) is 5.57. The number of carboxylic acids is 1. The van der Waals surface area contributed by atoms with Gasteiger partial charge in [-0.1, -0.05) is 6.07 Å². The molecular weight excluding hydrogens is 432 g/mol. The summed E-state index contributed by atoms with van der Waals surface area (Å²) in [5, 5.41) is 15.6. The Morgan fingerprint density at radius 2 is 2.06 bits per heavy atom. The summed E-state index contributed by atoms with van der Waals surface area (Å²) in [7, 11) is 0. The second kappa shape index (κ2) is 12.2. The third kappa shape index (κ3) is 7.77. The van der Waals surface area contributed by atoms with Gasteiger partial charge in [0.2, 0.25) is 0 Å². The lowest BCUT2D eigenvalue weighted by atomic mass is 10.1. The average Bonchev–Trinajstić information content (AvgIpc) is 2.79. The van der Waals surface area contributed by atoms with Crippen molar-refractivity contribution in [3.05, 3.63) is 35.8 Å². The fourth-order valence-corrected chi connectivity index (χ4v) is 3.83. The normalized spacial score (nSPS) is 14.1. The molecule has 0 aliphatic carbocycles. The minimum atomic E-state index is -2.50. The van der Waals surface area contributed by atoms with Crippen LogP contribution in [0.25, 0.3) is 0 Å². The third-order valence-electron chi connectivity index (χ3n) is 5.57. The van der Waals surface area contributed by atoms with Crippen molar-refractivity contribution in [2.45, 2.75) is 51.0 Å². The zero-order chi connectivity index (χ0) is 23.6. The van der Waals surface area contributed by atoms with E-state index in [4.69, 9.17) is 5.73 Å². The summed E-state index contributed by atoms with van der Waals surface area (Å²) in [5.74, 6) is 0.0923. The van der Waals surface area contributed by atoms with Crippen molar-refractivity contribution < 1.29 is 18.7 Å². The Balaban J connectivity index is 1.48. The van der Waals surface area contributed by atoms with Gasteiger partial charge in [0.15, 0.2) is 11.6 Å². The van der Waals surface area contributed by atoms with E-state index in [0.717, 1.165) is 43.7 Å². The number of pyridine rings is 1. The molecule has 3 heterocycles. The highest BCUT2D eigenvalue weighted by Crippen LogP contribution is 2.20. The molecule has 1 unspecified atom stereocenters. The topological polar surface area (TPSA) is 129 Å². The number of rotatable bonds is 13. The number of hydrogen-bond donors (Lipinski definition) is 4. The maximum absolute atomic E-state index is 13.1. The molecule has 180 valence electrons. The Kier molecular flexibility index (Phi) is 9.11. The van der Waals surface area contributed by atoms with E-state index in [0.29, 0.717) is 13.0 Å². The minimum absolute atomic E-state index is 0.0826. The van der Waals surface area contributed by atoms with E-state index < -0.39 is 25.0 Å². The number of nitrogens with zero attached hydrogens (tertiary/aromatic N) is 4. The zero-order valence-electron chi connectivity index (χ0n) is 18.5. The highest BCUT2D eigenvalue weighted by atomic mass is 19.3. The van der Waals surface area contributed by atoms with Crippen molar-refractivity contribution in [2.24, 2.45) is 0 Å². The fraction of sp³-hybridized carbons (Fsp3) is 0.545. The first-order chi connectivity index (χ1) is 15.9. The number of unbranched alkanes of at least 4 members (excludes halogenated alkanes) is 1. The SMILES string of the molecule is Nc1nccnc1NC(CCN(CCCCc1ccc2c(n1)NCCC2)CC(F)F)C(=O)O. The van der Waals surface area contributed by atoms with Gasteiger partial charge in [-0.3, -0.25) is 4.90 Å². The molecule has 0 radical (unpaired) electrons. The highest BCUT2D eigenvalue weighted by molar-refractivity contribution is 5.78. The number of hydrogen-bond acceptors (Lipinski definition) is 8. The lowest BCUT2D eigenvalue weighted by Gasteiger charge is -2.24. The molecular formula is C22H31F2N7O2. The number of alkyl halides is 2. The number of aryl methyl sites for hydroxylation is 2. The van der Waals surface area contributed by atoms with Gasteiger partial charge in [-0.15, -0.1) is 0 Å². The van der Waals surface area contributed by atoms with Gasteiger partial charge in [-0.05, 0) is 56.7 Å². The molecule has 1 aliphatic heterocycles. The van der Waals surface area contributed by atoms with Gasteiger partial charge in [-0.2, -0.15) is 0 Å². The average molecular weight is 464 g/mol. The van der Waals surface area contributed by atoms with Gasteiger partial charge in [0.05, 0.1) is 6.54 Å². The summed E-state index contributed by atoms with van der Waals surface area (Å²) in [6.45, 7) is 1.19. The maximum atomic E-state index is 13.1. The van der Waals surface area contributed by atoms with Crippen molar-refractivity contribution in [3.63, 3.8) is 0 Å². The second-order valence-electron chi connectivity index (χ2n) is 8.10. The molecule has 9 nitrogen and oxygen atoms in total. The number of anilines is 3. The number of nitrogens with one attached hydrogen (secondary N) is 2. The molecule has 0 bridgehead atoms. The van der Waals surface area contributed by atoms with Crippen molar-refractivity contribution in [1.82, 2.24) is 19.9 Å². The Morgan fingerprint density at radius 3 is 2.82 bits per heavy atom. The van der Waals surface area contributed by atoms with Crippen molar-refractivity contribution >= 4 is 23.4 Å². The summed E-state index contributed by atoms with van der Waals surface area (Å²) in [4.78, 5) is 25.8. The number of nitrogen functional groups attached to an aromatic ring is 1. The second-order valence-corrected chi connectivity index (χ2v) is 8.10. The van der Waals surface area contributed by atoms with E-state index in [-0.39, 0.29) is 24.6 Å². The van der Waals surface area contributed by atoms with E-state index in [1.807, 2.05) is 6.07 Å². The first-order valence-electron chi connectivity index (χ1n) is 11.2. The van der Waals surface area contributed by atoms with Crippen LogP contribution in [0.5, 0.6) is 0 Å². The largest absolute Gasteiger partial charge is 0.480 e. The number of carboxylic acid groups (broad SMARTS) is 1. The Bertz CT molecular complexity index is 916. The van der Waals surface area contributed by atoms with Gasteiger partial charge in [-0.25, -0.2) is 28.5 Å². The molecule has 1 atom stereocenters. The molecule has 33 heavy (non-hydrogen) atoms. The van der Waals surface area contributed by atoms with Gasteiger partial charge in [0, 0.05) is 31.2 Å². The molecule has 2 aromatic heterocycles. The predicted octanol–water partition coefficient (Wildman–Crippen LogP) is 2.66. The van der Waals surface area contributed by atoms with E-state index >= 15 is 0 Å². The molecule has 11 heteroatoms. The Labute approximate surface area is 191 Å². The number of aliphatic carboxylic acids is 1. The number of halogens is 2. The number of aromatic nitrogens is 3. The molecule has 0 saturated heterocycles. The first kappa shape index (κ1) is 24.6. The fourth-order valence-electron chi connectivity index (χ4n) is 3.83. The van der Waals surface area contributed by atoms with Gasteiger partial charge >= 0.3 is 5.97 Å². The molecule has 0 fully saturated rings. The number of carbonyl (C=O) groups is 1. The summed E-state index contributed by atoms with van der Waals surface area (Å²) < 4.78 is 26.2. The maximum Gasteiger partial charge on any atom is 0.326 e. The first-order valence-corrected chi connectivity index (χ1v) is 11.2. The minimum Gasteiger partial charge on any atom is -0.480 e. The molecule has 2 aromatic rings. The monoisotopic (exact) mass is 463 g/mol. The van der Waals surface area contributed by atoms with Gasteiger partial charge in [0.25, 0.3) is 6.43 Å². The summed E-state index contributed by atoms with van der Waals surface area (Å²) in [6.07, 6.45) is 4.85. The lowest BCUT2D eigenvalue weighted by Crippen LogP contribution is -2.37. The molecule has 1 aliphatic rings. The summed E-state index contributed by atoms with van der Waals surface area (Å²) in [5.41, 5.74) is 7.93. The number of fused-ring (bicyclic) bond motifs is 1. The molecule has 5 N–H and O–H groups in total. The zero-order valence-corrected chi connectivity index (χ0v) is 18.5. The predicted molar refractivity (Wildman–Crippen MR) is 123 cm³/mol. The molecule has 0 aromatic carbocycles. The van der Waals surface area contributed by atoms with E-state index in [9.17, 15) is 18.7 Å². The van der Waals surface area contributed by atoms with Crippen LogP contribution >= 0.6 is 0 Å². The van der Waals surface area contributed by atoms with Crippen LogP contribution in [0.1, 0.15) is 36.9 Å². The smallest absolute Gasteiger partial charge is 0.326 e. The van der Waals surface area contributed by atoms with Crippen LogP contribution in [-0.2, 0) is 17.6 Å². The highest BCUT2D eigenvalue weighted by Gasteiger charge is 2.21. The van der Waals surface area contributed by atoms with Crippen molar-refractivity contribution in [1.29, 1.82) is 0 Å². The van der Waals surface area contributed by atoms with Gasteiger partial charge < -0.3 is 21.5 Å². The molecule has 0 amide bonds. The van der Waals surface area contributed by atoms with E-state index in [1.54, 1.807) is 4.90 Å². The Morgan fingerprint density at radius 1 is 1.24 bits per heavy atom. The van der Waals surface area contributed by atoms with Gasteiger partial charge in [0.1, 0.15) is 11.9 Å². The van der Waals surface area contributed by atoms with Crippen LogP contribution in [0.15, 0.2) is 24.5 Å². The standard InChI is InChI=1S/C22H31F2N7O2/c23-18(24)14-31(13-8-17(22(32)33)30-21-19(25)26-10-11-28-21)12-2-1-5-16-7-6-15-4-3-9-27-20(15)29-16/h6-7,10-11,17-18H,1-5,8-9,12-14H2,(H2,25,26)(H,27,29)(H,28,30)(H,32,33). The van der Waals surface area contributed by atoms with Crippen molar-refractivity contribution in [3.8, 4) is 0 Å². The molecule has 0 spiro atoms.